The van der Waals surface area contributed by atoms with Gasteiger partial charge in [-0.25, -0.2) is 13.1 Å². The zero-order valence-electron chi connectivity index (χ0n) is 24.8. The summed E-state index contributed by atoms with van der Waals surface area (Å²) in [5, 5.41) is 9.13. The first-order valence-corrected chi connectivity index (χ1v) is 16.4. The van der Waals surface area contributed by atoms with E-state index in [4.69, 9.17) is 16.3 Å². The third kappa shape index (κ3) is 7.44. The lowest BCUT2D eigenvalue weighted by Gasteiger charge is -2.19. The maximum absolute atomic E-state index is 13.1. The molecule has 2 fully saturated rings. The van der Waals surface area contributed by atoms with Gasteiger partial charge >= 0.3 is 12.2 Å². The van der Waals surface area contributed by atoms with Crippen molar-refractivity contribution in [1.29, 1.82) is 0 Å². The fourth-order valence-corrected chi connectivity index (χ4v) is 6.50. The van der Waals surface area contributed by atoms with Crippen LogP contribution in [0.2, 0.25) is 5.02 Å². The van der Waals surface area contributed by atoms with Gasteiger partial charge in [0.1, 0.15) is 0 Å². The van der Waals surface area contributed by atoms with Crippen LogP contribution in [0.4, 0.5) is 36.4 Å². The number of alkyl halides is 3. The maximum Gasteiger partial charge on any atom is 0.422 e. The predicted octanol–water partition coefficient (Wildman–Crippen LogP) is 5.54. The van der Waals surface area contributed by atoms with Crippen molar-refractivity contribution in [2.24, 2.45) is 0 Å². The van der Waals surface area contributed by atoms with Crippen molar-refractivity contribution >= 4 is 56.7 Å². The van der Waals surface area contributed by atoms with Crippen LogP contribution in [-0.4, -0.2) is 52.7 Å². The average Bonchev–Trinajstić information content (AvgIpc) is 3.97. The molecule has 4 N–H and O–H groups in total. The number of benzene rings is 3. The van der Waals surface area contributed by atoms with Gasteiger partial charge < -0.3 is 20.7 Å². The Morgan fingerprint density at radius 2 is 1.48 bits per heavy atom. The summed E-state index contributed by atoms with van der Waals surface area (Å²) in [6.07, 6.45) is -3.12. The predicted molar refractivity (Wildman–Crippen MR) is 171 cm³/mol. The highest BCUT2D eigenvalue weighted by Crippen LogP contribution is 2.48. The van der Waals surface area contributed by atoms with Crippen molar-refractivity contribution in [1.82, 2.24) is 19.7 Å². The first-order valence-electron chi connectivity index (χ1n) is 14.6. The van der Waals surface area contributed by atoms with E-state index in [0.29, 0.717) is 29.2 Å². The molecule has 2 aliphatic carbocycles. The molecule has 17 heteroatoms. The summed E-state index contributed by atoms with van der Waals surface area (Å²) in [6.45, 7) is -1.62. The Balaban J connectivity index is 1.15. The van der Waals surface area contributed by atoms with E-state index < -0.39 is 50.9 Å². The van der Waals surface area contributed by atoms with Crippen molar-refractivity contribution in [3.05, 3.63) is 95.0 Å². The van der Waals surface area contributed by atoms with Gasteiger partial charge in [0.25, 0.3) is 5.91 Å². The van der Waals surface area contributed by atoms with Crippen LogP contribution in [0.1, 0.15) is 41.6 Å². The molecule has 3 aromatic carbocycles. The van der Waals surface area contributed by atoms with Crippen molar-refractivity contribution in [2.75, 3.05) is 22.6 Å². The monoisotopic (exact) mass is 701 g/mol. The number of para-hydroxylation sites is 1. The molecule has 250 valence electrons. The maximum atomic E-state index is 13.1. The number of aromatic nitrogens is 3. The highest BCUT2D eigenvalue weighted by atomic mass is 35.5. The minimum atomic E-state index is -4.64. The molecule has 2 saturated carbocycles. The Hall–Kier alpha value is -4.96. The first kappa shape index (κ1) is 33.0. The van der Waals surface area contributed by atoms with E-state index in [9.17, 15) is 31.2 Å². The summed E-state index contributed by atoms with van der Waals surface area (Å²) in [4.78, 5) is 38.0. The van der Waals surface area contributed by atoms with Crippen molar-refractivity contribution in [2.45, 2.75) is 42.1 Å². The van der Waals surface area contributed by atoms with Gasteiger partial charge in [-0.2, -0.15) is 28.1 Å². The molecule has 6 rings (SSSR count). The lowest BCUT2D eigenvalue weighted by molar-refractivity contribution is -0.154. The molecule has 2 amide bonds. The minimum absolute atomic E-state index is 0.0331. The fourth-order valence-electron chi connectivity index (χ4n) is 4.88. The first-order chi connectivity index (χ1) is 22.8. The van der Waals surface area contributed by atoms with Gasteiger partial charge in [-0.05, 0) is 79.8 Å². The quantitative estimate of drug-likeness (QED) is 0.147. The molecule has 0 radical (unpaired) electrons. The lowest BCUT2D eigenvalue weighted by Crippen LogP contribution is -2.46. The topological polar surface area (TPSA) is 164 Å². The smallest absolute Gasteiger partial charge is 0.422 e. The SMILES string of the molecule is O=C(NS(=O)(=O)C1(C(=O)Nc2ccccc2)CC1)c1ccc(Nc2nc(NC3(c4ccc(Cl)cc4)CC3)nc(OCC(F)(F)F)n2)cc1. The second-order valence-corrected chi connectivity index (χ2v) is 13.8. The number of hydrogen-bond acceptors (Lipinski definition) is 10. The zero-order chi connectivity index (χ0) is 34.2. The third-order valence-electron chi connectivity index (χ3n) is 7.77. The normalized spacial score (nSPS) is 15.9. The summed E-state index contributed by atoms with van der Waals surface area (Å²) >= 11 is 6.01. The third-order valence-corrected chi connectivity index (χ3v) is 10.1. The number of amides is 2. The second kappa shape index (κ2) is 12.6. The Kier molecular flexibility index (Phi) is 8.63. The van der Waals surface area contributed by atoms with Crippen LogP contribution in [0, 0.1) is 0 Å². The molecule has 0 unspecified atom stereocenters. The largest absolute Gasteiger partial charge is 0.454 e. The van der Waals surface area contributed by atoms with E-state index in [-0.39, 0.29) is 30.3 Å². The summed E-state index contributed by atoms with van der Waals surface area (Å²) in [5.41, 5.74) is 1.04. The van der Waals surface area contributed by atoms with Crippen LogP contribution < -0.4 is 25.4 Å². The van der Waals surface area contributed by atoms with Crippen LogP contribution >= 0.6 is 11.6 Å². The van der Waals surface area contributed by atoms with E-state index in [2.05, 4.69) is 30.9 Å². The summed E-state index contributed by atoms with van der Waals surface area (Å²) in [5.74, 6) is -1.88. The molecule has 0 aliphatic heterocycles. The number of carbonyl (C=O) groups excluding carboxylic acids is 2. The average molecular weight is 702 g/mol. The second-order valence-electron chi connectivity index (χ2n) is 11.3. The number of carbonyl (C=O) groups is 2. The standard InChI is InChI=1S/C31H27ClF3N7O5S/c32-21-10-8-20(9-11-21)29(14-15-29)41-27-38-26(39-28(40-27)47-18-31(33,34)35)37-23-12-6-19(7-13-23)24(43)42-48(45,46)30(16-17-30)25(44)36-22-4-2-1-3-5-22/h1-13H,14-18H2,(H,36,44)(H,42,43)(H2,37,38,39,40,41). The number of nitrogens with zero attached hydrogens (tertiary/aromatic N) is 3. The van der Waals surface area contributed by atoms with E-state index in [1.165, 1.54) is 24.3 Å². The number of sulfonamides is 1. The van der Waals surface area contributed by atoms with Gasteiger partial charge in [-0.3, -0.25) is 9.59 Å². The Morgan fingerprint density at radius 1 is 0.833 bits per heavy atom. The molecule has 4 aromatic rings. The zero-order valence-corrected chi connectivity index (χ0v) is 26.4. The van der Waals surface area contributed by atoms with E-state index in [1.807, 2.05) is 16.9 Å². The van der Waals surface area contributed by atoms with Gasteiger partial charge in [0.2, 0.25) is 27.8 Å². The molecule has 1 aromatic heterocycles. The van der Waals surface area contributed by atoms with Crippen LogP contribution in [0.25, 0.3) is 0 Å². The summed E-state index contributed by atoms with van der Waals surface area (Å²) in [7, 11) is -4.39. The van der Waals surface area contributed by atoms with Crippen molar-refractivity contribution in [3.8, 4) is 6.01 Å². The Bertz CT molecular complexity index is 1940. The Labute approximate surface area is 277 Å². The van der Waals surface area contributed by atoms with Gasteiger partial charge in [-0.15, -0.1) is 0 Å². The van der Waals surface area contributed by atoms with Crippen LogP contribution in [0.5, 0.6) is 6.01 Å². The molecule has 0 bridgehead atoms. The molecular formula is C31H27ClF3N7O5S. The minimum Gasteiger partial charge on any atom is -0.454 e. The summed E-state index contributed by atoms with van der Waals surface area (Å²) < 4.78 is 69.9. The van der Waals surface area contributed by atoms with Crippen LogP contribution in [0.15, 0.2) is 78.9 Å². The molecule has 12 nitrogen and oxygen atoms in total. The van der Waals surface area contributed by atoms with Gasteiger partial charge in [-0.1, -0.05) is 41.9 Å². The highest BCUT2D eigenvalue weighted by molar-refractivity contribution is 7.92. The van der Waals surface area contributed by atoms with Gasteiger partial charge in [0.05, 0.1) is 5.54 Å². The van der Waals surface area contributed by atoms with Crippen LogP contribution in [0.3, 0.4) is 0 Å². The molecule has 2 aliphatic rings. The number of rotatable bonds is 12. The van der Waals surface area contributed by atoms with E-state index in [1.54, 1.807) is 42.5 Å². The van der Waals surface area contributed by atoms with Gasteiger partial charge in [0.15, 0.2) is 11.4 Å². The van der Waals surface area contributed by atoms with E-state index in [0.717, 1.165) is 5.56 Å². The van der Waals surface area contributed by atoms with Gasteiger partial charge in [0, 0.05) is 22.0 Å². The molecule has 48 heavy (non-hydrogen) atoms. The lowest BCUT2D eigenvalue weighted by atomic mass is 10.1. The Morgan fingerprint density at radius 3 is 2.08 bits per heavy atom. The number of ether oxygens (including phenoxy) is 1. The fraction of sp³-hybridized carbons (Fsp3) is 0.258. The number of halogens is 4. The summed E-state index contributed by atoms with van der Waals surface area (Å²) in [6, 6.07) is 20.4. The molecular weight excluding hydrogens is 675 g/mol. The van der Waals surface area contributed by atoms with Crippen molar-refractivity contribution in [3.63, 3.8) is 0 Å². The molecule has 0 atom stereocenters. The van der Waals surface area contributed by atoms with Crippen LogP contribution in [-0.2, 0) is 20.4 Å². The molecule has 0 saturated heterocycles. The molecule has 1 heterocycles. The number of hydrogen-bond donors (Lipinski definition) is 4. The number of anilines is 4. The highest BCUT2D eigenvalue weighted by Gasteiger charge is 2.61. The van der Waals surface area contributed by atoms with Crippen molar-refractivity contribution < 1.29 is 35.9 Å². The number of nitrogens with one attached hydrogen (secondary N) is 4. The van der Waals surface area contributed by atoms with E-state index >= 15 is 0 Å². The molecule has 0 spiro atoms.